The zero-order chi connectivity index (χ0) is 8.04. The lowest BCUT2D eigenvalue weighted by Gasteiger charge is -2.01. The van der Waals surface area contributed by atoms with E-state index >= 15 is 0 Å². The van der Waals surface area contributed by atoms with Crippen molar-refractivity contribution >= 4 is 12.6 Å². The Kier molecular flexibility index (Phi) is 5.36. The quantitative estimate of drug-likeness (QED) is 0.448. The maximum absolute atomic E-state index is 7.43. The van der Waals surface area contributed by atoms with Crippen LogP contribution < -0.4 is 0 Å². The van der Waals surface area contributed by atoms with Gasteiger partial charge in [-0.05, 0) is 11.6 Å². The zero-order valence-electron chi connectivity index (χ0n) is 7.48. The molecule has 0 nitrogen and oxygen atoms in total. The Hall–Kier alpha value is 0.350. The van der Waals surface area contributed by atoms with Crippen LogP contribution in [0.15, 0.2) is 0 Å². The second kappa shape index (κ2) is 6.47. The number of hydrogen-bond acceptors (Lipinski definition) is 1. The molecule has 0 spiro atoms. The molecule has 0 aromatic heterocycles. The lowest BCUT2D eigenvalue weighted by Crippen LogP contribution is -1.89. The molecule has 0 amide bonds. The van der Waals surface area contributed by atoms with Crippen molar-refractivity contribution in [1.29, 1.82) is 0 Å². The van der Waals surface area contributed by atoms with E-state index in [-0.39, 0.29) is 0 Å². The van der Waals surface area contributed by atoms with Crippen molar-refractivity contribution in [3.05, 3.63) is 0 Å². The van der Waals surface area contributed by atoms with E-state index in [0.717, 1.165) is 12.8 Å². The molecule has 0 saturated heterocycles. The molecule has 0 N–H and O–H groups in total. The number of rotatable bonds is 5. The van der Waals surface area contributed by atoms with Crippen molar-refractivity contribution in [2.75, 3.05) is 0 Å². The Bertz CT molecular complexity index is 75.8. The van der Waals surface area contributed by atoms with Crippen molar-refractivity contribution in [3.63, 3.8) is 0 Å². The molecule has 1 atom stereocenters. The van der Waals surface area contributed by atoms with Crippen molar-refractivity contribution in [2.45, 2.75) is 51.2 Å². The van der Waals surface area contributed by atoms with Crippen molar-refractivity contribution in [2.24, 2.45) is 0 Å². The summed E-state index contributed by atoms with van der Waals surface area (Å²) in [6.45, 7) is 4.04. The molecule has 1 heteroatoms. The highest BCUT2D eigenvalue weighted by Gasteiger charge is 1.92. The van der Waals surface area contributed by atoms with E-state index in [9.17, 15) is 0 Å². The normalized spacial score (nSPS) is 18.8. The van der Waals surface area contributed by atoms with E-state index in [1.807, 2.05) is 6.92 Å². The van der Waals surface area contributed by atoms with Gasteiger partial charge in [-0.2, -0.15) is 12.6 Å². The number of thiol groups is 1. The van der Waals surface area contributed by atoms with Gasteiger partial charge in [-0.15, -0.1) is 0 Å². The topological polar surface area (TPSA) is 0 Å². The van der Waals surface area contributed by atoms with E-state index in [1.165, 1.54) is 19.3 Å². The first-order valence-electron chi connectivity index (χ1n) is 4.28. The summed E-state index contributed by atoms with van der Waals surface area (Å²) in [6, 6.07) is 0. The highest BCUT2D eigenvalue weighted by molar-refractivity contribution is 7.80. The molecule has 0 unspecified atom stereocenters. The minimum atomic E-state index is -0.506. The molecule has 0 aliphatic heterocycles. The summed E-state index contributed by atoms with van der Waals surface area (Å²) in [5.41, 5.74) is 0. The van der Waals surface area contributed by atoms with E-state index in [4.69, 9.17) is 1.37 Å². The van der Waals surface area contributed by atoms with Crippen LogP contribution >= 0.6 is 12.6 Å². The van der Waals surface area contributed by atoms with Gasteiger partial charge in [0.05, 0.1) is 0 Å². The molecule has 0 aromatic carbocycles. The maximum Gasteiger partial charge on any atom is 0.0411 e. The molecule has 0 bridgehead atoms. The lowest BCUT2D eigenvalue weighted by atomic mass is 10.1. The summed E-state index contributed by atoms with van der Waals surface area (Å²) in [6.07, 6.45) is 5.88. The molecule has 0 saturated carbocycles. The van der Waals surface area contributed by atoms with E-state index in [1.54, 1.807) is 0 Å². The summed E-state index contributed by atoms with van der Waals surface area (Å²) in [7, 11) is 0. The Morgan fingerprint density at radius 2 is 2.11 bits per heavy atom. The molecule has 0 radical (unpaired) electrons. The molecule has 0 fully saturated rings. The van der Waals surface area contributed by atoms with Crippen molar-refractivity contribution in [1.82, 2.24) is 0 Å². The van der Waals surface area contributed by atoms with E-state index < -0.39 is 5.23 Å². The minimum Gasteiger partial charge on any atom is -0.176 e. The van der Waals surface area contributed by atoms with Gasteiger partial charge in [0, 0.05) is 1.37 Å². The Labute approximate surface area is 65.9 Å². The summed E-state index contributed by atoms with van der Waals surface area (Å²) >= 11 is 4.12. The van der Waals surface area contributed by atoms with Gasteiger partial charge in [0.2, 0.25) is 0 Å². The molecule has 0 rings (SSSR count). The van der Waals surface area contributed by atoms with Gasteiger partial charge >= 0.3 is 0 Å². The third kappa shape index (κ3) is 8.35. The first-order valence-corrected chi connectivity index (χ1v) is 4.23. The van der Waals surface area contributed by atoms with Gasteiger partial charge in [0.1, 0.15) is 0 Å². The predicted octanol–water partition coefficient (Wildman–Crippen LogP) is 3.28. The van der Waals surface area contributed by atoms with Crippen LogP contribution in [0.2, 0.25) is 0 Å². The van der Waals surface area contributed by atoms with Gasteiger partial charge in [0.15, 0.2) is 0 Å². The Morgan fingerprint density at radius 1 is 1.44 bits per heavy atom. The fraction of sp³-hybridized carbons (Fsp3) is 1.00. The van der Waals surface area contributed by atoms with Crippen molar-refractivity contribution < 1.29 is 1.37 Å². The third-order valence-electron chi connectivity index (χ3n) is 1.39. The van der Waals surface area contributed by atoms with Crippen molar-refractivity contribution in [3.8, 4) is 0 Å². The standard InChI is InChI=1S/C8H18S/c1-3-4-5-6-7-8(2)9/h8-9H,3-7H2,1-2H3/t8-/m0/s1/i8D. The number of hydrogen-bond donors (Lipinski definition) is 1. The first kappa shape index (κ1) is 7.46. The molecule has 0 aliphatic rings. The van der Waals surface area contributed by atoms with Gasteiger partial charge in [-0.25, -0.2) is 0 Å². The Balaban J connectivity index is 3.04. The second-order valence-electron chi connectivity index (χ2n) is 2.55. The smallest absolute Gasteiger partial charge is 0.0411 e. The molecule has 0 aromatic rings. The van der Waals surface area contributed by atoms with E-state index in [0.29, 0.717) is 0 Å². The largest absolute Gasteiger partial charge is 0.176 e. The molecule has 0 aliphatic carbocycles. The zero-order valence-corrected chi connectivity index (χ0v) is 7.38. The average Bonchev–Trinajstić information content (AvgIpc) is 1.78. The highest BCUT2D eigenvalue weighted by atomic mass is 32.1. The van der Waals surface area contributed by atoms with Crippen LogP contribution in [-0.4, -0.2) is 5.23 Å². The van der Waals surface area contributed by atoms with Crippen LogP contribution in [0.3, 0.4) is 0 Å². The van der Waals surface area contributed by atoms with Gasteiger partial charge in [0.25, 0.3) is 0 Å². The average molecular weight is 147 g/mol. The monoisotopic (exact) mass is 147 g/mol. The molecule has 0 heterocycles. The van der Waals surface area contributed by atoms with Gasteiger partial charge in [-0.1, -0.05) is 39.5 Å². The minimum absolute atomic E-state index is 0.506. The highest BCUT2D eigenvalue weighted by Crippen LogP contribution is 2.08. The van der Waals surface area contributed by atoms with Crippen LogP contribution in [0.25, 0.3) is 0 Å². The van der Waals surface area contributed by atoms with Crippen LogP contribution in [0.5, 0.6) is 0 Å². The number of unbranched alkanes of at least 4 members (excludes halogenated alkanes) is 3. The van der Waals surface area contributed by atoms with Gasteiger partial charge < -0.3 is 0 Å². The SMILES string of the molecule is [2H][C@@](C)(S)CCCCCC. The molecule has 9 heavy (non-hydrogen) atoms. The summed E-state index contributed by atoms with van der Waals surface area (Å²) < 4.78 is 7.43. The van der Waals surface area contributed by atoms with Crippen LogP contribution in [0.4, 0.5) is 0 Å². The van der Waals surface area contributed by atoms with Crippen LogP contribution in [0.1, 0.15) is 47.3 Å². The third-order valence-corrected chi connectivity index (χ3v) is 1.62. The van der Waals surface area contributed by atoms with Gasteiger partial charge in [-0.3, -0.25) is 0 Å². The van der Waals surface area contributed by atoms with E-state index in [2.05, 4.69) is 19.6 Å². The summed E-state index contributed by atoms with van der Waals surface area (Å²) in [4.78, 5) is 0. The summed E-state index contributed by atoms with van der Waals surface area (Å²) in [5, 5.41) is -0.506. The van der Waals surface area contributed by atoms with Crippen LogP contribution in [0, 0.1) is 0 Å². The fourth-order valence-electron chi connectivity index (χ4n) is 0.808. The first-order chi connectivity index (χ1) is 4.56. The lowest BCUT2D eigenvalue weighted by molar-refractivity contribution is 0.632. The second-order valence-corrected chi connectivity index (χ2v) is 3.31. The van der Waals surface area contributed by atoms with Crippen LogP contribution in [-0.2, 0) is 0 Å². The molecular weight excluding hydrogens is 128 g/mol. The molecular formula is C8H18S. The summed E-state index contributed by atoms with van der Waals surface area (Å²) in [5.74, 6) is 0. The molecule has 56 valence electrons. The maximum atomic E-state index is 7.43. The fourth-order valence-corrected chi connectivity index (χ4v) is 0.966. The Morgan fingerprint density at radius 3 is 2.56 bits per heavy atom. The predicted molar refractivity (Wildman–Crippen MR) is 47.2 cm³/mol.